The Morgan fingerprint density at radius 1 is 1.30 bits per heavy atom. The third-order valence-corrected chi connectivity index (χ3v) is 4.44. The molecule has 1 unspecified atom stereocenters. The van der Waals surface area contributed by atoms with Crippen LogP contribution in [0, 0.1) is 5.41 Å². The van der Waals surface area contributed by atoms with Crippen molar-refractivity contribution in [3.05, 3.63) is 54.1 Å². The number of nitrogens with zero attached hydrogens (tertiary/aromatic N) is 2. The lowest BCUT2D eigenvalue weighted by Crippen LogP contribution is -2.25. The van der Waals surface area contributed by atoms with Crippen LogP contribution in [-0.4, -0.2) is 34.5 Å². The van der Waals surface area contributed by atoms with Gasteiger partial charge in [0, 0.05) is 44.4 Å². The molecule has 3 nitrogen and oxygen atoms in total. The molecular formula is C17H23N3. The van der Waals surface area contributed by atoms with Crippen LogP contribution in [-0.2, 0) is 6.42 Å². The Labute approximate surface area is 121 Å². The molecule has 0 spiro atoms. The van der Waals surface area contributed by atoms with Gasteiger partial charge in [-0.3, -0.25) is 0 Å². The zero-order chi connectivity index (χ0) is 14.0. The van der Waals surface area contributed by atoms with Crippen LogP contribution in [0.2, 0.25) is 0 Å². The van der Waals surface area contributed by atoms with Gasteiger partial charge in [-0.25, -0.2) is 4.98 Å². The number of benzene rings is 1. The highest BCUT2D eigenvalue weighted by Gasteiger charge is 2.39. The van der Waals surface area contributed by atoms with E-state index in [0.717, 1.165) is 31.9 Å². The van der Waals surface area contributed by atoms with Crippen molar-refractivity contribution in [3.8, 4) is 0 Å². The lowest BCUT2D eigenvalue weighted by atomic mass is 9.78. The highest BCUT2D eigenvalue weighted by molar-refractivity contribution is 5.24. The fourth-order valence-electron chi connectivity index (χ4n) is 3.37. The normalized spacial score (nSPS) is 22.2. The average molecular weight is 269 g/mol. The van der Waals surface area contributed by atoms with Crippen molar-refractivity contribution in [1.29, 1.82) is 0 Å². The second kappa shape index (κ2) is 5.41. The van der Waals surface area contributed by atoms with Gasteiger partial charge in [-0.1, -0.05) is 44.2 Å². The molecule has 106 valence electrons. The summed E-state index contributed by atoms with van der Waals surface area (Å²) in [4.78, 5) is 10.1. The number of likely N-dealkylation sites (tertiary alicyclic amines) is 1. The molecule has 1 saturated heterocycles. The minimum absolute atomic E-state index is 0.338. The van der Waals surface area contributed by atoms with E-state index in [9.17, 15) is 0 Å². The topological polar surface area (TPSA) is 31.9 Å². The summed E-state index contributed by atoms with van der Waals surface area (Å²) >= 11 is 0. The molecule has 1 aromatic heterocycles. The van der Waals surface area contributed by atoms with Crippen LogP contribution >= 0.6 is 0 Å². The molecule has 3 rings (SSSR count). The maximum atomic E-state index is 4.31. The Morgan fingerprint density at radius 3 is 2.80 bits per heavy atom. The van der Waals surface area contributed by atoms with Crippen LogP contribution in [0.4, 0.5) is 0 Å². The number of H-pyrrole nitrogens is 1. The van der Waals surface area contributed by atoms with Gasteiger partial charge >= 0.3 is 0 Å². The Bertz CT molecular complexity index is 531. The minimum Gasteiger partial charge on any atom is -0.349 e. The second-order valence-corrected chi connectivity index (χ2v) is 6.47. The number of hydrogen-bond donors (Lipinski definition) is 1. The summed E-state index contributed by atoms with van der Waals surface area (Å²) in [5, 5.41) is 0. The summed E-state index contributed by atoms with van der Waals surface area (Å²) < 4.78 is 0. The first kappa shape index (κ1) is 13.4. The number of rotatable bonds is 4. The monoisotopic (exact) mass is 269 g/mol. The van der Waals surface area contributed by atoms with E-state index in [2.05, 4.69) is 59.0 Å². The van der Waals surface area contributed by atoms with Crippen LogP contribution in [0.3, 0.4) is 0 Å². The van der Waals surface area contributed by atoms with Crippen molar-refractivity contribution < 1.29 is 0 Å². The van der Waals surface area contributed by atoms with Crippen LogP contribution < -0.4 is 0 Å². The first-order valence-corrected chi connectivity index (χ1v) is 7.41. The van der Waals surface area contributed by atoms with Gasteiger partial charge in [0.05, 0.1) is 0 Å². The maximum absolute atomic E-state index is 4.31. The largest absolute Gasteiger partial charge is 0.349 e. The number of imidazole rings is 1. The van der Waals surface area contributed by atoms with Gasteiger partial charge < -0.3 is 9.88 Å². The van der Waals surface area contributed by atoms with E-state index >= 15 is 0 Å². The maximum Gasteiger partial charge on any atom is 0.107 e. The predicted molar refractivity (Wildman–Crippen MR) is 81.7 cm³/mol. The highest BCUT2D eigenvalue weighted by Crippen LogP contribution is 2.42. The van der Waals surface area contributed by atoms with Gasteiger partial charge in [0.2, 0.25) is 0 Å². The van der Waals surface area contributed by atoms with Crippen molar-refractivity contribution in [2.45, 2.75) is 26.2 Å². The average Bonchev–Trinajstić information content (AvgIpc) is 3.04. The van der Waals surface area contributed by atoms with Gasteiger partial charge in [0.15, 0.2) is 0 Å². The van der Waals surface area contributed by atoms with Gasteiger partial charge in [-0.2, -0.15) is 0 Å². The molecule has 1 fully saturated rings. The molecule has 3 heteroatoms. The van der Waals surface area contributed by atoms with Gasteiger partial charge in [-0.15, -0.1) is 0 Å². The molecule has 2 heterocycles. The van der Waals surface area contributed by atoms with Gasteiger partial charge in [-0.05, 0) is 11.0 Å². The summed E-state index contributed by atoms with van der Waals surface area (Å²) in [6.45, 7) is 8.17. The van der Waals surface area contributed by atoms with Gasteiger partial charge in [0.1, 0.15) is 5.82 Å². The summed E-state index contributed by atoms with van der Waals surface area (Å²) in [5.74, 6) is 1.71. The fraction of sp³-hybridized carbons (Fsp3) is 0.471. The predicted octanol–water partition coefficient (Wildman–Crippen LogP) is 3.08. The van der Waals surface area contributed by atoms with Crippen LogP contribution in [0.15, 0.2) is 42.7 Å². The smallest absolute Gasteiger partial charge is 0.107 e. The number of hydrogen-bond acceptors (Lipinski definition) is 2. The minimum atomic E-state index is 0.338. The molecule has 1 aliphatic rings. The summed E-state index contributed by atoms with van der Waals surface area (Å²) in [6, 6.07) is 10.9. The SMILES string of the molecule is CC1(C)CN(CCc2ncc[nH]2)CC1c1ccccc1. The summed E-state index contributed by atoms with van der Waals surface area (Å²) in [6.07, 6.45) is 4.73. The molecule has 1 N–H and O–H groups in total. The van der Waals surface area contributed by atoms with Crippen molar-refractivity contribution >= 4 is 0 Å². The quantitative estimate of drug-likeness (QED) is 0.925. The Morgan fingerprint density at radius 2 is 2.10 bits per heavy atom. The van der Waals surface area contributed by atoms with Crippen molar-refractivity contribution in [2.75, 3.05) is 19.6 Å². The second-order valence-electron chi connectivity index (χ2n) is 6.47. The van der Waals surface area contributed by atoms with Crippen LogP contribution in [0.1, 0.15) is 31.2 Å². The number of aromatic amines is 1. The zero-order valence-electron chi connectivity index (χ0n) is 12.3. The fourth-order valence-corrected chi connectivity index (χ4v) is 3.37. The van der Waals surface area contributed by atoms with E-state index in [1.54, 1.807) is 0 Å². The first-order valence-electron chi connectivity index (χ1n) is 7.41. The molecule has 20 heavy (non-hydrogen) atoms. The molecule has 0 radical (unpaired) electrons. The molecule has 1 aromatic carbocycles. The Hall–Kier alpha value is -1.61. The third kappa shape index (κ3) is 2.78. The number of aromatic nitrogens is 2. The van der Waals surface area contributed by atoms with E-state index in [1.807, 2.05) is 12.4 Å². The molecule has 0 aliphatic carbocycles. The van der Waals surface area contributed by atoms with E-state index in [4.69, 9.17) is 0 Å². The standard InChI is InChI=1S/C17H23N3/c1-17(2)13-20(11-8-16-18-9-10-19-16)12-15(17)14-6-4-3-5-7-14/h3-7,9-10,15H,8,11-13H2,1-2H3,(H,18,19). The Kier molecular flexibility index (Phi) is 3.62. The number of nitrogens with one attached hydrogen (secondary N) is 1. The highest BCUT2D eigenvalue weighted by atomic mass is 15.2. The molecule has 0 bridgehead atoms. The van der Waals surface area contributed by atoms with Crippen molar-refractivity contribution in [1.82, 2.24) is 14.9 Å². The van der Waals surface area contributed by atoms with E-state index in [-0.39, 0.29) is 0 Å². The third-order valence-electron chi connectivity index (χ3n) is 4.44. The molecule has 1 aliphatic heterocycles. The lowest BCUT2D eigenvalue weighted by molar-refractivity contribution is 0.289. The zero-order valence-corrected chi connectivity index (χ0v) is 12.3. The molecular weight excluding hydrogens is 246 g/mol. The van der Waals surface area contributed by atoms with Crippen LogP contribution in [0.25, 0.3) is 0 Å². The van der Waals surface area contributed by atoms with E-state index < -0.39 is 0 Å². The van der Waals surface area contributed by atoms with Gasteiger partial charge in [0.25, 0.3) is 0 Å². The van der Waals surface area contributed by atoms with E-state index in [1.165, 1.54) is 5.56 Å². The molecule has 1 atom stereocenters. The van der Waals surface area contributed by atoms with Crippen LogP contribution in [0.5, 0.6) is 0 Å². The molecule has 0 saturated carbocycles. The summed E-state index contributed by atoms with van der Waals surface area (Å²) in [7, 11) is 0. The first-order chi connectivity index (χ1) is 9.65. The lowest BCUT2D eigenvalue weighted by Gasteiger charge is -2.26. The van der Waals surface area contributed by atoms with Crippen molar-refractivity contribution in [2.24, 2.45) is 5.41 Å². The molecule has 0 amide bonds. The molecule has 2 aromatic rings. The van der Waals surface area contributed by atoms with Crippen molar-refractivity contribution in [3.63, 3.8) is 0 Å². The van der Waals surface area contributed by atoms with E-state index in [0.29, 0.717) is 11.3 Å². The summed E-state index contributed by atoms with van der Waals surface area (Å²) in [5.41, 5.74) is 1.81. The Balaban J connectivity index is 1.66.